The van der Waals surface area contributed by atoms with Gasteiger partial charge in [-0.05, 0) is 54.7 Å². The van der Waals surface area contributed by atoms with E-state index in [0.29, 0.717) is 42.6 Å². The van der Waals surface area contributed by atoms with Crippen molar-refractivity contribution in [1.82, 2.24) is 15.5 Å². The largest absolute Gasteiger partial charge is 0.508 e. The van der Waals surface area contributed by atoms with E-state index >= 15 is 0 Å². The van der Waals surface area contributed by atoms with Crippen molar-refractivity contribution < 1.29 is 9.90 Å². The predicted molar refractivity (Wildman–Crippen MR) is 138 cm³/mol. The van der Waals surface area contributed by atoms with E-state index in [0.717, 1.165) is 43.6 Å². The minimum atomic E-state index is -0.295. The average Bonchev–Trinajstić information content (AvgIpc) is 3.33. The quantitative estimate of drug-likeness (QED) is 0.622. The molecule has 35 heavy (non-hydrogen) atoms. The summed E-state index contributed by atoms with van der Waals surface area (Å²) in [5, 5.41) is 17.7. The van der Waals surface area contributed by atoms with Gasteiger partial charge in [0, 0.05) is 49.7 Å². The number of fused-ring (bicyclic) bond motifs is 2. The first-order chi connectivity index (χ1) is 17.2. The molecule has 3 fully saturated rings. The number of rotatable bonds is 3. The molecule has 2 aromatic rings. The first kappa shape index (κ1) is 23.1. The Morgan fingerprint density at radius 2 is 1.74 bits per heavy atom. The number of piperidine rings is 1. The summed E-state index contributed by atoms with van der Waals surface area (Å²) in [6.45, 7) is 3.79. The molecule has 2 aromatic carbocycles. The molecule has 1 amide bonds. The van der Waals surface area contributed by atoms with Gasteiger partial charge in [-0.1, -0.05) is 61.7 Å². The van der Waals surface area contributed by atoms with Crippen LogP contribution in [0.5, 0.6) is 5.75 Å². The second-order valence-electron chi connectivity index (χ2n) is 11.4. The van der Waals surface area contributed by atoms with Gasteiger partial charge in [-0.25, -0.2) is 0 Å². The monoisotopic (exact) mass is 473 g/mol. The summed E-state index contributed by atoms with van der Waals surface area (Å²) >= 11 is 0. The van der Waals surface area contributed by atoms with Crippen molar-refractivity contribution in [1.29, 1.82) is 0 Å². The van der Waals surface area contributed by atoms with Crippen LogP contribution >= 0.6 is 0 Å². The molecule has 0 bridgehead atoms. The van der Waals surface area contributed by atoms with E-state index in [4.69, 9.17) is 0 Å². The van der Waals surface area contributed by atoms with Gasteiger partial charge in [-0.3, -0.25) is 4.79 Å². The van der Waals surface area contributed by atoms with Crippen molar-refractivity contribution in [3.05, 3.63) is 65.2 Å². The van der Waals surface area contributed by atoms with Crippen molar-refractivity contribution >= 4 is 5.91 Å². The van der Waals surface area contributed by atoms with Gasteiger partial charge < -0.3 is 20.6 Å². The van der Waals surface area contributed by atoms with Crippen LogP contribution in [0.1, 0.15) is 67.6 Å². The zero-order valence-corrected chi connectivity index (χ0v) is 20.7. The van der Waals surface area contributed by atoms with Crippen molar-refractivity contribution in [2.24, 2.45) is 11.8 Å². The molecular weight excluding hydrogens is 434 g/mol. The number of hydrogen-bond acceptors (Lipinski definition) is 4. The highest BCUT2D eigenvalue weighted by Crippen LogP contribution is 2.45. The van der Waals surface area contributed by atoms with E-state index in [1.165, 1.54) is 37.7 Å². The molecule has 5 nitrogen and oxygen atoms in total. The summed E-state index contributed by atoms with van der Waals surface area (Å²) in [6, 6.07) is 17.1. The molecule has 0 aromatic heterocycles. The molecule has 5 heteroatoms. The zero-order chi connectivity index (χ0) is 23.8. The Labute approximate surface area is 209 Å². The topological polar surface area (TPSA) is 64.6 Å². The van der Waals surface area contributed by atoms with E-state index in [1.807, 2.05) is 6.07 Å². The molecule has 2 saturated heterocycles. The van der Waals surface area contributed by atoms with Gasteiger partial charge in [-0.2, -0.15) is 0 Å². The van der Waals surface area contributed by atoms with Gasteiger partial charge in [0.25, 0.3) is 0 Å². The molecule has 3 N–H and O–H groups in total. The van der Waals surface area contributed by atoms with Gasteiger partial charge in [-0.15, -0.1) is 0 Å². The molecule has 4 aliphatic rings. The lowest BCUT2D eigenvalue weighted by molar-refractivity contribution is -0.142. The molecule has 4 atom stereocenters. The molecule has 1 unspecified atom stereocenters. The molecule has 1 spiro atoms. The number of carbonyl (C=O) groups is 1. The van der Waals surface area contributed by atoms with Crippen LogP contribution < -0.4 is 10.6 Å². The Bertz CT molecular complexity index is 1050. The fourth-order valence-corrected chi connectivity index (χ4v) is 7.75. The van der Waals surface area contributed by atoms with Crippen LogP contribution in [0.3, 0.4) is 0 Å². The van der Waals surface area contributed by atoms with Crippen LogP contribution in [-0.4, -0.2) is 48.1 Å². The van der Waals surface area contributed by atoms with Crippen LogP contribution in [0.15, 0.2) is 48.5 Å². The van der Waals surface area contributed by atoms with Gasteiger partial charge in [0.1, 0.15) is 5.75 Å². The third-order valence-corrected chi connectivity index (χ3v) is 9.58. The lowest BCUT2D eigenvalue weighted by Gasteiger charge is -2.48. The number of benzene rings is 2. The van der Waals surface area contributed by atoms with E-state index in [2.05, 4.69) is 51.9 Å². The fraction of sp³-hybridized carbons (Fsp3) is 0.567. The van der Waals surface area contributed by atoms with Gasteiger partial charge in [0.2, 0.25) is 5.91 Å². The van der Waals surface area contributed by atoms with E-state index in [-0.39, 0.29) is 11.3 Å². The maximum absolute atomic E-state index is 14.5. The number of phenols is 1. The van der Waals surface area contributed by atoms with Crippen LogP contribution in [0, 0.1) is 11.8 Å². The molecular formula is C30H39N3O2. The van der Waals surface area contributed by atoms with Crippen LogP contribution in [0.4, 0.5) is 0 Å². The van der Waals surface area contributed by atoms with Crippen molar-refractivity contribution in [2.75, 3.05) is 26.2 Å². The van der Waals surface area contributed by atoms with Crippen LogP contribution in [0.25, 0.3) is 0 Å². The zero-order valence-electron chi connectivity index (χ0n) is 20.7. The second kappa shape index (κ2) is 9.59. The maximum atomic E-state index is 14.5. The highest BCUT2D eigenvalue weighted by atomic mass is 16.3. The van der Waals surface area contributed by atoms with Gasteiger partial charge in [0.05, 0.1) is 5.92 Å². The van der Waals surface area contributed by atoms with Crippen molar-refractivity contribution in [3.8, 4) is 5.75 Å². The van der Waals surface area contributed by atoms with E-state index < -0.39 is 0 Å². The van der Waals surface area contributed by atoms with Crippen LogP contribution in [-0.2, 0) is 16.8 Å². The number of phenolic OH excluding ortho intramolecular Hbond substituents is 1. The summed E-state index contributed by atoms with van der Waals surface area (Å²) in [6.07, 6.45) is 8.56. The lowest BCUT2D eigenvalue weighted by atomic mass is 9.67. The SMILES string of the molecule is O=C(C1CNC[C@]12CNCc1c(O)cccc12)N1CC[C@@H](c2ccccc2)C[C@H]1C1CCCCC1. The first-order valence-electron chi connectivity index (χ1n) is 13.8. The van der Waals surface area contributed by atoms with Gasteiger partial charge in [0.15, 0.2) is 0 Å². The number of hydrogen-bond donors (Lipinski definition) is 3. The first-order valence-corrected chi connectivity index (χ1v) is 13.8. The molecule has 6 rings (SSSR count). The fourth-order valence-electron chi connectivity index (χ4n) is 7.75. The number of nitrogens with zero attached hydrogens (tertiary/aromatic N) is 1. The molecule has 3 heterocycles. The lowest BCUT2D eigenvalue weighted by Crippen LogP contribution is -2.57. The maximum Gasteiger partial charge on any atom is 0.228 e. The summed E-state index contributed by atoms with van der Waals surface area (Å²) in [4.78, 5) is 16.8. The number of aromatic hydroxyl groups is 1. The summed E-state index contributed by atoms with van der Waals surface area (Å²) in [5.74, 6) is 1.73. The van der Waals surface area contributed by atoms with Crippen LogP contribution in [0.2, 0.25) is 0 Å². The second-order valence-corrected chi connectivity index (χ2v) is 11.4. The Morgan fingerprint density at radius 1 is 0.943 bits per heavy atom. The molecule has 1 saturated carbocycles. The van der Waals surface area contributed by atoms with Gasteiger partial charge >= 0.3 is 0 Å². The normalized spacial score (nSPS) is 31.4. The van der Waals surface area contributed by atoms with E-state index in [1.54, 1.807) is 6.07 Å². The Morgan fingerprint density at radius 3 is 2.57 bits per heavy atom. The summed E-state index contributed by atoms with van der Waals surface area (Å²) < 4.78 is 0. The highest BCUT2D eigenvalue weighted by molar-refractivity contribution is 5.82. The molecule has 3 aliphatic heterocycles. The Hall–Kier alpha value is -2.37. The molecule has 1 aliphatic carbocycles. The molecule has 186 valence electrons. The van der Waals surface area contributed by atoms with Crippen molar-refractivity contribution in [2.45, 2.75) is 68.9 Å². The number of amides is 1. The third-order valence-electron chi connectivity index (χ3n) is 9.58. The Balaban J connectivity index is 1.31. The standard InChI is InChI=1S/C30H39N3O2/c34-28-13-7-12-25-24(28)17-31-19-30(25)20-32-18-26(30)29(35)33-15-14-23(21-8-3-1-4-9-21)16-27(33)22-10-5-2-6-11-22/h1,3-4,7-9,12-13,22-23,26-27,31-32,34H,2,5-6,10-11,14-20H2/t23-,26?,27+,30+/m1/s1. The smallest absolute Gasteiger partial charge is 0.228 e. The third kappa shape index (κ3) is 4.07. The number of likely N-dealkylation sites (tertiary alicyclic amines) is 1. The summed E-state index contributed by atoms with van der Waals surface area (Å²) in [7, 11) is 0. The highest BCUT2D eigenvalue weighted by Gasteiger charge is 2.53. The minimum Gasteiger partial charge on any atom is -0.508 e. The predicted octanol–water partition coefficient (Wildman–Crippen LogP) is 4.31. The average molecular weight is 474 g/mol. The van der Waals surface area contributed by atoms with E-state index in [9.17, 15) is 9.90 Å². The molecule has 0 radical (unpaired) electrons. The minimum absolute atomic E-state index is 0.102. The Kier molecular flexibility index (Phi) is 6.32. The number of carbonyl (C=O) groups excluding carboxylic acids is 1. The van der Waals surface area contributed by atoms with Crippen molar-refractivity contribution in [3.63, 3.8) is 0 Å². The number of nitrogens with one attached hydrogen (secondary N) is 2. The summed E-state index contributed by atoms with van der Waals surface area (Å²) in [5.41, 5.74) is 3.26.